The van der Waals surface area contributed by atoms with Gasteiger partial charge in [-0.3, -0.25) is 4.79 Å². The standard InChI is InChI=1S/C11H12O/c1-8-3-2-4-10(9-5-6-9)11(8)7-12/h2-4,7,9H,5-6H2,1H3. The molecule has 1 saturated carbocycles. The highest BCUT2D eigenvalue weighted by Crippen LogP contribution is 2.41. The molecule has 0 aliphatic heterocycles. The van der Waals surface area contributed by atoms with Crippen LogP contribution in [-0.4, -0.2) is 6.29 Å². The predicted molar refractivity (Wildman–Crippen MR) is 48.5 cm³/mol. The number of aryl methyl sites for hydroxylation is 1. The first kappa shape index (κ1) is 7.53. The molecule has 1 aliphatic rings. The van der Waals surface area contributed by atoms with Crippen molar-refractivity contribution in [2.75, 3.05) is 0 Å². The molecule has 1 aromatic rings. The van der Waals surface area contributed by atoms with Crippen LogP contribution in [0.2, 0.25) is 0 Å². The largest absolute Gasteiger partial charge is 0.298 e. The fourth-order valence-corrected chi connectivity index (χ4v) is 1.61. The third kappa shape index (κ3) is 1.15. The average Bonchev–Trinajstić information content (AvgIpc) is 2.86. The minimum Gasteiger partial charge on any atom is -0.298 e. The maximum atomic E-state index is 10.8. The number of carbonyl (C=O) groups is 1. The van der Waals surface area contributed by atoms with Crippen LogP contribution in [0.15, 0.2) is 18.2 Å². The van der Waals surface area contributed by atoms with Crippen molar-refractivity contribution < 1.29 is 4.79 Å². The summed E-state index contributed by atoms with van der Waals surface area (Å²) in [5, 5.41) is 0. The first-order valence-electron chi connectivity index (χ1n) is 4.37. The Balaban J connectivity index is 2.50. The van der Waals surface area contributed by atoms with Crippen molar-refractivity contribution in [2.45, 2.75) is 25.7 Å². The van der Waals surface area contributed by atoms with Crippen molar-refractivity contribution >= 4 is 6.29 Å². The minimum atomic E-state index is 0.671. The van der Waals surface area contributed by atoms with Gasteiger partial charge in [0, 0.05) is 5.56 Å². The molecule has 0 atom stereocenters. The monoisotopic (exact) mass is 160 g/mol. The Bertz CT molecular complexity index is 311. The lowest BCUT2D eigenvalue weighted by Gasteiger charge is -2.04. The number of hydrogen-bond donors (Lipinski definition) is 0. The average molecular weight is 160 g/mol. The van der Waals surface area contributed by atoms with Crippen LogP contribution in [0.3, 0.4) is 0 Å². The molecule has 0 heterocycles. The molecule has 12 heavy (non-hydrogen) atoms. The van der Waals surface area contributed by atoms with E-state index in [9.17, 15) is 4.79 Å². The van der Waals surface area contributed by atoms with Gasteiger partial charge in [-0.05, 0) is 36.8 Å². The lowest BCUT2D eigenvalue weighted by molar-refractivity contribution is 0.112. The zero-order valence-electron chi connectivity index (χ0n) is 7.21. The summed E-state index contributed by atoms with van der Waals surface area (Å²) in [6.45, 7) is 2.00. The van der Waals surface area contributed by atoms with Crippen LogP contribution < -0.4 is 0 Å². The van der Waals surface area contributed by atoms with Crippen molar-refractivity contribution in [3.63, 3.8) is 0 Å². The van der Waals surface area contributed by atoms with Gasteiger partial charge >= 0.3 is 0 Å². The van der Waals surface area contributed by atoms with E-state index in [1.54, 1.807) is 0 Å². The summed E-state index contributed by atoms with van der Waals surface area (Å²) in [4.78, 5) is 10.8. The van der Waals surface area contributed by atoms with Gasteiger partial charge in [-0.1, -0.05) is 18.2 Å². The van der Waals surface area contributed by atoms with E-state index < -0.39 is 0 Å². The molecule has 62 valence electrons. The van der Waals surface area contributed by atoms with Gasteiger partial charge in [-0.25, -0.2) is 0 Å². The van der Waals surface area contributed by atoms with Gasteiger partial charge in [0.25, 0.3) is 0 Å². The second kappa shape index (κ2) is 2.74. The maximum Gasteiger partial charge on any atom is 0.150 e. The van der Waals surface area contributed by atoms with Gasteiger partial charge in [0.05, 0.1) is 0 Å². The van der Waals surface area contributed by atoms with E-state index in [0.29, 0.717) is 5.92 Å². The first-order valence-corrected chi connectivity index (χ1v) is 4.37. The molecule has 0 saturated heterocycles. The molecule has 1 nitrogen and oxygen atoms in total. The molecule has 0 aromatic heterocycles. The highest BCUT2D eigenvalue weighted by molar-refractivity contribution is 5.80. The Hall–Kier alpha value is -1.11. The first-order chi connectivity index (χ1) is 5.83. The molecule has 1 aliphatic carbocycles. The van der Waals surface area contributed by atoms with E-state index in [1.807, 2.05) is 19.1 Å². The van der Waals surface area contributed by atoms with E-state index in [1.165, 1.54) is 18.4 Å². The van der Waals surface area contributed by atoms with Crippen molar-refractivity contribution in [3.05, 3.63) is 34.9 Å². The zero-order chi connectivity index (χ0) is 8.55. The Kier molecular flexibility index (Phi) is 1.72. The smallest absolute Gasteiger partial charge is 0.150 e. The molecule has 1 heteroatoms. The Morgan fingerprint density at radius 2 is 2.17 bits per heavy atom. The van der Waals surface area contributed by atoms with Gasteiger partial charge in [0.2, 0.25) is 0 Å². The quantitative estimate of drug-likeness (QED) is 0.608. The summed E-state index contributed by atoms with van der Waals surface area (Å²) in [6.07, 6.45) is 3.50. The lowest BCUT2D eigenvalue weighted by atomic mass is 10.00. The lowest BCUT2D eigenvalue weighted by Crippen LogP contribution is -1.93. The van der Waals surface area contributed by atoms with Gasteiger partial charge in [-0.2, -0.15) is 0 Å². The van der Waals surface area contributed by atoms with Gasteiger partial charge in [0.1, 0.15) is 0 Å². The number of rotatable bonds is 2. The molecule has 0 radical (unpaired) electrons. The second-order valence-electron chi connectivity index (χ2n) is 3.47. The summed E-state index contributed by atoms with van der Waals surface area (Å²) >= 11 is 0. The number of benzene rings is 1. The molecular formula is C11H12O. The fraction of sp³-hybridized carbons (Fsp3) is 0.364. The summed E-state index contributed by atoms with van der Waals surface area (Å²) in [5.41, 5.74) is 3.28. The highest BCUT2D eigenvalue weighted by atomic mass is 16.1. The van der Waals surface area contributed by atoms with E-state index >= 15 is 0 Å². The Morgan fingerprint density at radius 1 is 1.42 bits per heavy atom. The van der Waals surface area contributed by atoms with Crippen molar-refractivity contribution in [2.24, 2.45) is 0 Å². The van der Waals surface area contributed by atoms with E-state index in [4.69, 9.17) is 0 Å². The molecule has 0 spiro atoms. The molecule has 1 fully saturated rings. The molecule has 0 bridgehead atoms. The van der Waals surface area contributed by atoms with Crippen molar-refractivity contribution in [1.29, 1.82) is 0 Å². The third-order valence-corrected chi connectivity index (χ3v) is 2.49. The van der Waals surface area contributed by atoms with Crippen LogP contribution >= 0.6 is 0 Å². The van der Waals surface area contributed by atoms with Crippen LogP contribution in [0, 0.1) is 6.92 Å². The summed E-state index contributed by atoms with van der Waals surface area (Å²) in [5.74, 6) is 0.671. The number of aldehydes is 1. The van der Waals surface area contributed by atoms with Crippen LogP contribution in [-0.2, 0) is 0 Å². The molecular weight excluding hydrogens is 148 g/mol. The molecule has 0 unspecified atom stereocenters. The summed E-state index contributed by atoms with van der Waals surface area (Å²) < 4.78 is 0. The summed E-state index contributed by atoms with van der Waals surface area (Å²) in [7, 11) is 0. The Labute approximate surface area is 72.4 Å². The van der Waals surface area contributed by atoms with Crippen molar-refractivity contribution in [1.82, 2.24) is 0 Å². The predicted octanol–water partition coefficient (Wildman–Crippen LogP) is 2.68. The molecule has 0 amide bonds. The van der Waals surface area contributed by atoms with Gasteiger partial charge < -0.3 is 0 Å². The second-order valence-corrected chi connectivity index (χ2v) is 3.47. The minimum absolute atomic E-state index is 0.671. The fourth-order valence-electron chi connectivity index (χ4n) is 1.61. The van der Waals surface area contributed by atoms with Crippen LogP contribution in [0.25, 0.3) is 0 Å². The number of carbonyl (C=O) groups excluding carboxylic acids is 1. The van der Waals surface area contributed by atoms with E-state index in [0.717, 1.165) is 17.4 Å². The molecule has 2 rings (SSSR count). The highest BCUT2D eigenvalue weighted by Gasteiger charge is 2.25. The SMILES string of the molecule is Cc1cccc(C2CC2)c1C=O. The zero-order valence-corrected chi connectivity index (χ0v) is 7.21. The van der Waals surface area contributed by atoms with E-state index in [2.05, 4.69) is 6.07 Å². The molecule has 1 aromatic carbocycles. The number of hydrogen-bond acceptors (Lipinski definition) is 1. The molecule has 0 N–H and O–H groups in total. The van der Waals surface area contributed by atoms with Crippen molar-refractivity contribution in [3.8, 4) is 0 Å². The normalized spacial score (nSPS) is 16.1. The van der Waals surface area contributed by atoms with Gasteiger partial charge in [-0.15, -0.1) is 0 Å². The summed E-state index contributed by atoms with van der Waals surface area (Å²) in [6, 6.07) is 6.11. The van der Waals surface area contributed by atoms with Gasteiger partial charge in [0.15, 0.2) is 6.29 Å². The van der Waals surface area contributed by atoms with E-state index in [-0.39, 0.29) is 0 Å². The third-order valence-electron chi connectivity index (χ3n) is 2.49. The Morgan fingerprint density at radius 3 is 2.75 bits per heavy atom. The van der Waals surface area contributed by atoms with Crippen LogP contribution in [0.4, 0.5) is 0 Å². The van der Waals surface area contributed by atoms with Crippen LogP contribution in [0.5, 0.6) is 0 Å². The van der Waals surface area contributed by atoms with Crippen LogP contribution in [0.1, 0.15) is 40.2 Å². The maximum absolute atomic E-state index is 10.8. The topological polar surface area (TPSA) is 17.1 Å².